The van der Waals surface area contributed by atoms with Crippen molar-refractivity contribution in [2.24, 2.45) is 10.2 Å². The molecule has 72 valence electrons. The highest BCUT2D eigenvalue weighted by Gasteiger charge is 1.99. The lowest BCUT2D eigenvalue weighted by molar-refractivity contribution is 0.121. The second-order valence-corrected chi connectivity index (χ2v) is 3.74. The van der Waals surface area contributed by atoms with Crippen LogP contribution in [0.2, 0.25) is 0 Å². The number of aliphatic hydroxyl groups excluding tert-OH is 1. The number of aliphatic hydroxyl groups is 1. The molecular formula is C8H13N3OS. The van der Waals surface area contributed by atoms with Crippen LogP contribution in [-0.4, -0.2) is 15.4 Å². The van der Waals surface area contributed by atoms with Gasteiger partial charge in [-0.25, -0.2) is 0 Å². The number of rotatable bonds is 2. The first-order valence-corrected chi connectivity index (χ1v) is 4.88. The molecule has 1 atom stereocenters. The minimum Gasteiger partial charge on any atom is -0.373 e. The summed E-state index contributed by atoms with van der Waals surface area (Å²) >= 11 is 1.45. The van der Waals surface area contributed by atoms with Crippen molar-refractivity contribution in [3.05, 3.63) is 16.4 Å². The van der Waals surface area contributed by atoms with Gasteiger partial charge < -0.3 is 5.11 Å². The number of hydrogen-bond donors (Lipinski definition) is 1. The van der Waals surface area contributed by atoms with Gasteiger partial charge in [0.15, 0.2) is 0 Å². The standard InChI is InChI=1S/C8H13N3OS/c1-6(2)9-10-8-11(7(3)12)4-5-13-8/h4-5,7,12H,1-3H3/b10-8-. The third kappa shape index (κ3) is 2.78. The summed E-state index contributed by atoms with van der Waals surface area (Å²) in [5.74, 6) is 0. The van der Waals surface area contributed by atoms with Gasteiger partial charge in [0.05, 0.1) is 0 Å². The Morgan fingerprint density at radius 3 is 2.85 bits per heavy atom. The van der Waals surface area contributed by atoms with E-state index in [4.69, 9.17) is 0 Å². The average molecular weight is 199 g/mol. The molecule has 0 spiro atoms. The monoisotopic (exact) mass is 199 g/mol. The third-order valence-corrected chi connectivity index (χ3v) is 2.11. The van der Waals surface area contributed by atoms with Crippen LogP contribution < -0.4 is 4.80 Å². The van der Waals surface area contributed by atoms with Crippen LogP contribution >= 0.6 is 11.3 Å². The van der Waals surface area contributed by atoms with Crippen LogP contribution in [0.3, 0.4) is 0 Å². The minimum absolute atomic E-state index is 0.558. The van der Waals surface area contributed by atoms with Gasteiger partial charge in [-0.1, -0.05) is 0 Å². The molecule has 0 saturated heterocycles. The fourth-order valence-electron chi connectivity index (χ4n) is 0.784. The van der Waals surface area contributed by atoms with E-state index in [9.17, 15) is 5.11 Å². The fourth-order valence-corrected chi connectivity index (χ4v) is 1.52. The molecule has 0 aliphatic carbocycles. The fraction of sp³-hybridized carbons (Fsp3) is 0.500. The quantitative estimate of drug-likeness (QED) is 0.567. The Labute approximate surface area is 80.9 Å². The highest BCUT2D eigenvalue weighted by atomic mass is 32.1. The van der Waals surface area contributed by atoms with Crippen LogP contribution in [0.25, 0.3) is 0 Å². The molecule has 1 N–H and O–H groups in total. The lowest BCUT2D eigenvalue weighted by Crippen LogP contribution is -2.17. The molecular weight excluding hydrogens is 186 g/mol. The van der Waals surface area contributed by atoms with E-state index in [0.717, 1.165) is 5.71 Å². The Morgan fingerprint density at radius 1 is 1.62 bits per heavy atom. The van der Waals surface area contributed by atoms with Gasteiger partial charge >= 0.3 is 0 Å². The van der Waals surface area contributed by atoms with E-state index in [1.54, 1.807) is 17.7 Å². The van der Waals surface area contributed by atoms with Gasteiger partial charge in [0.2, 0.25) is 4.80 Å². The summed E-state index contributed by atoms with van der Waals surface area (Å²) in [4.78, 5) is 0.705. The maximum atomic E-state index is 9.32. The summed E-state index contributed by atoms with van der Waals surface area (Å²) in [7, 11) is 0. The maximum absolute atomic E-state index is 9.32. The summed E-state index contributed by atoms with van der Waals surface area (Å²) in [6.07, 6.45) is 1.23. The Morgan fingerprint density at radius 2 is 2.31 bits per heavy atom. The SMILES string of the molecule is CC(C)=N/N=c1\sccn1C(C)O. The molecule has 0 aromatic carbocycles. The normalized spacial score (nSPS) is 14.3. The number of aromatic nitrogens is 1. The summed E-state index contributed by atoms with van der Waals surface area (Å²) < 4.78 is 1.66. The lowest BCUT2D eigenvalue weighted by Gasteiger charge is -2.03. The highest BCUT2D eigenvalue weighted by Crippen LogP contribution is 1.98. The smallest absolute Gasteiger partial charge is 0.212 e. The molecule has 1 aromatic rings. The van der Waals surface area contributed by atoms with Crippen molar-refractivity contribution in [1.29, 1.82) is 0 Å². The van der Waals surface area contributed by atoms with Gasteiger partial charge in [-0.15, -0.1) is 16.4 Å². The molecule has 0 aliphatic heterocycles. The molecule has 0 aliphatic rings. The molecule has 0 fully saturated rings. The van der Waals surface area contributed by atoms with Crippen molar-refractivity contribution in [1.82, 2.24) is 4.57 Å². The number of nitrogens with zero attached hydrogens (tertiary/aromatic N) is 3. The van der Waals surface area contributed by atoms with Crippen molar-refractivity contribution >= 4 is 17.0 Å². The molecule has 0 bridgehead atoms. The van der Waals surface area contributed by atoms with E-state index in [2.05, 4.69) is 10.2 Å². The first kappa shape index (κ1) is 10.1. The third-order valence-electron chi connectivity index (χ3n) is 1.35. The van der Waals surface area contributed by atoms with Crippen molar-refractivity contribution in [3.8, 4) is 0 Å². The summed E-state index contributed by atoms with van der Waals surface area (Å²) in [5.41, 5.74) is 0.894. The van der Waals surface area contributed by atoms with Crippen LogP contribution in [0.15, 0.2) is 21.8 Å². The zero-order valence-electron chi connectivity index (χ0n) is 7.93. The summed E-state index contributed by atoms with van der Waals surface area (Å²) in [6, 6.07) is 0. The summed E-state index contributed by atoms with van der Waals surface area (Å²) in [6.45, 7) is 5.45. The van der Waals surface area contributed by atoms with Gasteiger partial charge in [0.25, 0.3) is 0 Å². The Balaban J connectivity index is 3.07. The van der Waals surface area contributed by atoms with Gasteiger partial charge in [-0.05, 0) is 20.8 Å². The van der Waals surface area contributed by atoms with E-state index in [0.29, 0.717) is 4.80 Å². The van der Waals surface area contributed by atoms with Gasteiger partial charge in [0, 0.05) is 17.3 Å². The maximum Gasteiger partial charge on any atom is 0.212 e. The topological polar surface area (TPSA) is 49.9 Å². The molecule has 13 heavy (non-hydrogen) atoms. The molecule has 1 rings (SSSR count). The molecule has 1 aromatic heterocycles. The van der Waals surface area contributed by atoms with E-state index < -0.39 is 6.23 Å². The molecule has 1 unspecified atom stereocenters. The first-order valence-electron chi connectivity index (χ1n) is 4.00. The molecule has 0 radical (unpaired) electrons. The zero-order chi connectivity index (χ0) is 9.84. The average Bonchev–Trinajstić information content (AvgIpc) is 2.47. The predicted molar refractivity (Wildman–Crippen MR) is 53.6 cm³/mol. The minimum atomic E-state index is -0.558. The van der Waals surface area contributed by atoms with Crippen LogP contribution in [0.1, 0.15) is 27.0 Å². The van der Waals surface area contributed by atoms with Crippen LogP contribution in [0.5, 0.6) is 0 Å². The van der Waals surface area contributed by atoms with E-state index in [1.807, 2.05) is 19.2 Å². The summed E-state index contributed by atoms with van der Waals surface area (Å²) in [5, 5.41) is 19.1. The second-order valence-electron chi connectivity index (χ2n) is 2.87. The Kier molecular flexibility index (Phi) is 3.39. The van der Waals surface area contributed by atoms with Crippen molar-refractivity contribution in [2.45, 2.75) is 27.0 Å². The van der Waals surface area contributed by atoms with Gasteiger partial charge in [0.1, 0.15) is 6.23 Å². The van der Waals surface area contributed by atoms with Crippen LogP contribution in [0, 0.1) is 0 Å². The largest absolute Gasteiger partial charge is 0.373 e. The van der Waals surface area contributed by atoms with Gasteiger partial charge in [-0.2, -0.15) is 5.10 Å². The van der Waals surface area contributed by atoms with Crippen LogP contribution in [-0.2, 0) is 0 Å². The van der Waals surface area contributed by atoms with E-state index in [-0.39, 0.29) is 0 Å². The van der Waals surface area contributed by atoms with Crippen molar-refractivity contribution < 1.29 is 5.11 Å². The molecule has 1 heterocycles. The van der Waals surface area contributed by atoms with Crippen LogP contribution in [0.4, 0.5) is 0 Å². The Bertz CT molecular complexity index is 357. The second kappa shape index (κ2) is 4.34. The molecule has 4 nitrogen and oxygen atoms in total. The van der Waals surface area contributed by atoms with E-state index in [1.165, 1.54) is 11.3 Å². The predicted octanol–water partition coefficient (Wildman–Crippen LogP) is 1.36. The highest BCUT2D eigenvalue weighted by molar-refractivity contribution is 7.07. The molecule has 5 heteroatoms. The lowest BCUT2D eigenvalue weighted by atomic mass is 10.5. The van der Waals surface area contributed by atoms with E-state index >= 15 is 0 Å². The Hall–Kier alpha value is -0.940. The number of hydrogen-bond acceptors (Lipinski definition) is 4. The molecule has 0 amide bonds. The zero-order valence-corrected chi connectivity index (χ0v) is 8.75. The van der Waals surface area contributed by atoms with Gasteiger partial charge in [-0.3, -0.25) is 4.57 Å². The van der Waals surface area contributed by atoms with Crippen molar-refractivity contribution in [2.75, 3.05) is 0 Å². The molecule has 0 saturated carbocycles. The van der Waals surface area contributed by atoms with Crippen molar-refractivity contribution in [3.63, 3.8) is 0 Å². The first-order chi connectivity index (χ1) is 6.11. The number of thiazole rings is 1.